The molecule has 0 radical (unpaired) electrons. The van der Waals surface area contributed by atoms with Crippen molar-refractivity contribution in [3.05, 3.63) is 42.0 Å². The van der Waals surface area contributed by atoms with Crippen LogP contribution in [0.3, 0.4) is 0 Å². The van der Waals surface area contributed by atoms with E-state index in [0.717, 1.165) is 13.1 Å². The van der Waals surface area contributed by atoms with Crippen LogP contribution >= 0.6 is 12.4 Å². The molecule has 1 heterocycles. The molecule has 0 amide bonds. The van der Waals surface area contributed by atoms with Gasteiger partial charge in [0.05, 0.1) is 0 Å². The number of benzene rings is 1. The second-order valence-corrected chi connectivity index (χ2v) is 4.98. The number of hydrogen-bond acceptors (Lipinski definition) is 2. The van der Waals surface area contributed by atoms with Crippen LogP contribution in [0.2, 0.25) is 0 Å². The van der Waals surface area contributed by atoms with Crippen molar-refractivity contribution in [3.8, 4) is 0 Å². The predicted molar refractivity (Wildman–Crippen MR) is 80.9 cm³/mol. The van der Waals surface area contributed by atoms with Crippen molar-refractivity contribution in [2.75, 3.05) is 19.6 Å². The molecule has 2 atom stereocenters. The van der Waals surface area contributed by atoms with E-state index in [4.69, 9.17) is 5.73 Å². The van der Waals surface area contributed by atoms with Gasteiger partial charge in [-0.3, -0.25) is 4.90 Å². The van der Waals surface area contributed by atoms with Gasteiger partial charge in [0.15, 0.2) is 0 Å². The van der Waals surface area contributed by atoms with Gasteiger partial charge in [0, 0.05) is 19.1 Å². The fraction of sp³-hybridized carbons (Fsp3) is 0.467. The van der Waals surface area contributed by atoms with E-state index in [9.17, 15) is 0 Å². The molecular weight excluding hydrogens is 244 g/mol. The van der Waals surface area contributed by atoms with Crippen LogP contribution in [-0.4, -0.2) is 30.6 Å². The van der Waals surface area contributed by atoms with E-state index in [-0.39, 0.29) is 12.4 Å². The molecule has 1 fully saturated rings. The van der Waals surface area contributed by atoms with E-state index in [2.05, 4.69) is 48.2 Å². The maximum Gasteiger partial charge on any atom is 0.0166 e. The average Bonchev–Trinajstić information content (AvgIpc) is 2.79. The monoisotopic (exact) mass is 266 g/mol. The molecule has 2 N–H and O–H groups in total. The summed E-state index contributed by atoms with van der Waals surface area (Å²) in [5.41, 5.74) is 7.21. The van der Waals surface area contributed by atoms with Gasteiger partial charge in [0.2, 0.25) is 0 Å². The first-order chi connectivity index (χ1) is 8.25. The standard InChI is InChI=1S/C15H22N2.ClH/c1-13(16)15-9-11-17(12-15)10-5-8-14-6-3-2-4-7-14;/h2-8,13,15H,9-12,16H2,1H3;1H/b8-5+;. The topological polar surface area (TPSA) is 29.3 Å². The molecule has 0 spiro atoms. The Morgan fingerprint density at radius 2 is 2.11 bits per heavy atom. The zero-order valence-electron chi connectivity index (χ0n) is 11.0. The van der Waals surface area contributed by atoms with Crippen molar-refractivity contribution in [2.45, 2.75) is 19.4 Å². The number of nitrogens with two attached hydrogens (primary N) is 1. The second kappa shape index (κ2) is 7.57. The van der Waals surface area contributed by atoms with E-state index >= 15 is 0 Å². The molecule has 1 aliphatic heterocycles. The van der Waals surface area contributed by atoms with Crippen LogP contribution in [0.4, 0.5) is 0 Å². The Balaban J connectivity index is 0.00000162. The van der Waals surface area contributed by atoms with E-state index < -0.39 is 0 Å². The third-order valence-corrected chi connectivity index (χ3v) is 3.53. The van der Waals surface area contributed by atoms with Crippen LogP contribution in [-0.2, 0) is 0 Å². The second-order valence-electron chi connectivity index (χ2n) is 4.98. The fourth-order valence-corrected chi connectivity index (χ4v) is 2.36. The van der Waals surface area contributed by atoms with Crippen LogP contribution in [0, 0.1) is 5.92 Å². The Morgan fingerprint density at radius 1 is 1.39 bits per heavy atom. The lowest BCUT2D eigenvalue weighted by Gasteiger charge is -2.15. The van der Waals surface area contributed by atoms with Gasteiger partial charge in [-0.2, -0.15) is 0 Å². The summed E-state index contributed by atoms with van der Waals surface area (Å²) in [5.74, 6) is 0.681. The van der Waals surface area contributed by atoms with Crippen LogP contribution in [0.25, 0.3) is 6.08 Å². The Hall–Kier alpha value is -0.830. The molecule has 1 aromatic carbocycles. The van der Waals surface area contributed by atoms with Gasteiger partial charge in [0.1, 0.15) is 0 Å². The van der Waals surface area contributed by atoms with E-state index in [1.165, 1.54) is 18.5 Å². The molecule has 1 saturated heterocycles. The maximum absolute atomic E-state index is 5.93. The maximum atomic E-state index is 5.93. The molecule has 3 heteroatoms. The van der Waals surface area contributed by atoms with Crippen molar-refractivity contribution in [1.82, 2.24) is 4.90 Å². The van der Waals surface area contributed by atoms with Gasteiger partial charge >= 0.3 is 0 Å². The molecule has 1 aromatic rings. The Kier molecular flexibility index (Phi) is 6.41. The smallest absolute Gasteiger partial charge is 0.0166 e. The molecule has 0 bridgehead atoms. The lowest BCUT2D eigenvalue weighted by molar-refractivity contribution is 0.347. The number of likely N-dealkylation sites (tertiary alicyclic amines) is 1. The van der Waals surface area contributed by atoms with Crippen molar-refractivity contribution < 1.29 is 0 Å². The summed E-state index contributed by atoms with van der Waals surface area (Å²) in [6.07, 6.45) is 5.69. The van der Waals surface area contributed by atoms with Gasteiger partial charge in [-0.15, -0.1) is 12.4 Å². The van der Waals surface area contributed by atoms with E-state index in [1.54, 1.807) is 0 Å². The normalized spacial score (nSPS) is 22.0. The third-order valence-electron chi connectivity index (χ3n) is 3.53. The average molecular weight is 267 g/mol. The highest BCUT2D eigenvalue weighted by Gasteiger charge is 2.23. The van der Waals surface area contributed by atoms with Crippen LogP contribution in [0.5, 0.6) is 0 Å². The van der Waals surface area contributed by atoms with Gasteiger partial charge in [-0.25, -0.2) is 0 Å². The van der Waals surface area contributed by atoms with Gasteiger partial charge in [-0.05, 0) is 31.4 Å². The highest BCUT2D eigenvalue weighted by Crippen LogP contribution is 2.18. The predicted octanol–water partition coefficient (Wildman–Crippen LogP) is 2.79. The highest BCUT2D eigenvalue weighted by molar-refractivity contribution is 5.85. The largest absolute Gasteiger partial charge is 0.328 e. The molecule has 0 aliphatic carbocycles. The summed E-state index contributed by atoms with van der Waals surface area (Å²) in [7, 11) is 0. The lowest BCUT2D eigenvalue weighted by Crippen LogP contribution is -2.29. The van der Waals surface area contributed by atoms with Crippen molar-refractivity contribution in [2.24, 2.45) is 11.7 Å². The Labute approximate surface area is 116 Å². The molecule has 18 heavy (non-hydrogen) atoms. The molecule has 1 aliphatic rings. The highest BCUT2D eigenvalue weighted by atomic mass is 35.5. The molecule has 100 valence electrons. The first-order valence-electron chi connectivity index (χ1n) is 6.45. The molecule has 2 rings (SSSR count). The Morgan fingerprint density at radius 3 is 2.72 bits per heavy atom. The molecular formula is C15H23ClN2. The van der Waals surface area contributed by atoms with Crippen molar-refractivity contribution in [3.63, 3.8) is 0 Å². The summed E-state index contributed by atoms with van der Waals surface area (Å²) in [6, 6.07) is 10.8. The summed E-state index contributed by atoms with van der Waals surface area (Å²) in [4.78, 5) is 2.48. The third kappa shape index (κ3) is 4.45. The van der Waals surface area contributed by atoms with Crippen LogP contribution in [0.1, 0.15) is 18.9 Å². The SMILES string of the molecule is CC(N)C1CCN(C/C=C/c2ccccc2)C1.Cl. The minimum atomic E-state index is 0. The van der Waals surface area contributed by atoms with Gasteiger partial charge in [-0.1, -0.05) is 42.5 Å². The van der Waals surface area contributed by atoms with Crippen LogP contribution in [0.15, 0.2) is 36.4 Å². The Bertz CT molecular complexity index is 362. The zero-order chi connectivity index (χ0) is 12.1. The van der Waals surface area contributed by atoms with Gasteiger partial charge in [0.25, 0.3) is 0 Å². The van der Waals surface area contributed by atoms with E-state index in [0.29, 0.717) is 12.0 Å². The number of halogens is 1. The molecule has 0 saturated carbocycles. The van der Waals surface area contributed by atoms with Crippen LogP contribution < -0.4 is 5.73 Å². The number of hydrogen-bond donors (Lipinski definition) is 1. The molecule has 2 nitrogen and oxygen atoms in total. The number of nitrogens with zero attached hydrogens (tertiary/aromatic N) is 1. The fourth-order valence-electron chi connectivity index (χ4n) is 2.36. The van der Waals surface area contributed by atoms with Crippen molar-refractivity contribution in [1.29, 1.82) is 0 Å². The van der Waals surface area contributed by atoms with Crippen molar-refractivity contribution >= 4 is 18.5 Å². The molecule has 2 unspecified atom stereocenters. The summed E-state index contributed by atoms with van der Waals surface area (Å²) in [6.45, 7) is 5.49. The molecule has 0 aromatic heterocycles. The minimum absolute atomic E-state index is 0. The first kappa shape index (κ1) is 15.2. The van der Waals surface area contributed by atoms with E-state index in [1.807, 2.05) is 6.07 Å². The van der Waals surface area contributed by atoms with Gasteiger partial charge < -0.3 is 5.73 Å². The summed E-state index contributed by atoms with van der Waals surface area (Å²) < 4.78 is 0. The first-order valence-corrected chi connectivity index (χ1v) is 6.45. The summed E-state index contributed by atoms with van der Waals surface area (Å²) in [5, 5.41) is 0. The lowest BCUT2D eigenvalue weighted by atomic mass is 10.0. The zero-order valence-corrected chi connectivity index (χ0v) is 11.8. The minimum Gasteiger partial charge on any atom is -0.328 e. The quantitative estimate of drug-likeness (QED) is 0.908. The summed E-state index contributed by atoms with van der Waals surface area (Å²) >= 11 is 0. The number of rotatable bonds is 4.